The second-order valence-corrected chi connectivity index (χ2v) is 10.3. The van der Waals surface area contributed by atoms with Gasteiger partial charge in [-0.15, -0.1) is 33.9 Å². The Morgan fingerprint density at radius 3 is 2.88 bits per heavy atom. The van der Waals surface area contributed by atoms with Crippen molar-refractivity contribution in [3.05, 3.63) is 62.5 Å². The van der Waals surface area contributed by atoms with Crippen LogP contribution in [-0.2, 0) is 23.2 Å². The summed E-state index contributed by atoms with van der Waals surface area (Å²) in [6.45, 7) is 7.28. The molecule has 2 aliphatic heterocycles. The first-order valence-electron chi connectivity index (χ1n) is 11.1. The molecule has 0 saturated heterocycles. The summed E-state index contributed by atoms with van der Waals surface area (Å²) in [5, 5.41) is 10.5. The Hall–Kier alpha value is -3.15. The van der Waals surface area contributed by atoms with Crippen LogP contribution in [-0.4, -0.2) is 44.6 Å². The van der Waals surface area contributed by atoms with E-state index >= 15 is 0 Å². The minimum Gasteiger partial charge on any atom is -0.448 e. The van der Waals surface area contributed by atoms with Crippen LogP contribution in [0.3, 0.4) is 0 Å². The number of thiophene rings is 1. The van der Waals surface area contributed by atoms with Crippen LogP contribution in [0.1, 0.15) is 53.5 Å². The molecule has 0 unspecified atom stereocenters. The first kappa shape index (κ1) is 22.6. The van der Waals surface area contributed by atoms with Gasteiger partial charge in [-0.05, 0) is 38.8 Å². The summed E-state index contributed by atoms with van der Waals surface area (Å²) >= 11 is 8.31. The second kappa shape index (κ2) is 8.57. The van der Waals surface area contributed by atoms with E-state index in [-0.39, 0.29) is 12.7 Å². The van der Waals surface area contributed by atoms with Crippen molar-refractivity contribution in [1.82, 2.24) is 19.7 Å². The van der Waals surface area contributed by atoms with Gasteiger partial charge in [0, 0.05) is 34.0 Å². The van der Waals surface area contributed by atoms with E-state index in [0.717, 1.165) is 38.4 Å². The van der Waals surface area contributed by atoms with Crippen LogP contribution in [0.15, 0.2) is 29.3 Å². The molecule has 4 heterocycles. The Bertz CT molecular complexity index is 1360. The zero-order valence-electron chi connectivity index (χ0n) is 19.3. The van der Waals surface area contributed by atoms with Crippen LogP contribution in [0.4, 0.5) is 4.79 Å². The molecular weight excluding hydrogens is 470 g/mol. The number of benzene rings is 1. The van der Waals surface area contributed by atoms with Crippen molar-refractivity contribution in [3.63, 3.8) is 0 Å². The lowest BCUT2D eigenvalue weighted by Gasteiger charge is -2.27. The molecule has 34 heavy (non-hydrogen) atoms. The maximum Gasteiger partial charge on any atom is 0.410 e. The summed E-state index contributed by atoms with van der Waals surface area (Å²) in [4.78, 5) is 20.6. The molecule has 3 aromatic rings. The first-order chi connectivity index (χ1) is 16.3. The lowest BCUT2D eigenvalue weighted by atomic mass is 9.95. The van der Waals surface area contributed by atoms with Gasteiger partial charge in [0.15, 0.2) is 5.82 Å². The highest BCUT2D eigenvalue weighted by atomic mass is 35.5. The van der Waals surface area contributed by atoms with Crippen LogP contribution in [0.25, 0.3) is 5.00 Å². The summed E-state index contributed by atoms with van der Waals surface area (Å²) in [6, 6.07) is 7.78. The number of carbonyl (C=O) groups excluding carboxylic acids is 1. The lowest BCUT2D eigenvalue weighted by Crippen LogP contribution is -2.36. The Balaban J connectivity index is 1.66. The van der Waals surface area contributed by atoms with Gasteiger partial charge in [-0.2, -0.15) is 0 Å². The highest BCUT2D eigenvalue weighted by molar-refractivity contribution is 7.15. The molecule has 0 N–H and O–H groups in total. The summed E-state index contributed by atoms with van der Waals surface area (Å²) in [6.07, 6.45) is 6.02. The fraction of sp³-hybridized carbons (Fsp3) is 0.360. The molecule has 1 aromatic carbocycles. The second-order valence-electron chi connectivity index (χ2n) is 8.83. The number of rotatable bonds is 3. The molecule has 0 atom stereocenters. The van der Waals surface area contributed by atoms with Gasteiger partial charge in [0.25, 0.3) is 0 Å². The van der Waals surface area contributed by atoms with Crippen LogP contribution in [0.2, 0.25) is 5.02 Å². The quantitative estimate of drug-likeness (QED) is 0.384. The highest BCUT2D eigenvalue weighted by Gasteiger charge is 2.38. The zero-order chi connectivity index (χ0) is 24.0. The number of ether oxygens (including phenoxy) is 1. The minimum absolute atomic E-state index is 0.223. The largest absolute Gasteiger partial charge is 0.448 e. The molecule has 0 fully saturated rings. The van der Waals surface area contributed by atoms with Crippen molar-refractivity contribution in [2.24, 2.45) is 4.99 Å². The van der Waals surface area contributed by atoms with Gasteiger partial charge in [-0.1, -0.05) is 29.8 Å². The molecular formula is C25H24ClN5O2S. The number of terminal acetylenes is 1. The lowest BCUT2D eigenvalue weighted by molar-refractivity contribution is 0.100. The van der Waals surface area contributed by atoms with Gasteiger partial charge in [-0.3, -0.25) is 9.56 Å². The molecule has 0 radical (unpaired) electrons. The van der Waals surface area contributed by atoms with Crippen LogP contribution >= 0.6 is 22.9 Å². The Labute approximate surface area is 207 Å². The molecule has 9 heteroatoms. The first-order valence-corrected chi connectivity index (χ1v) is 12.3. The van der Waals surface area contributed by atoms with Gasteiger partial charge < -0.3 is 9.64 Å². The third kappa shape index (κ3) is 3.69. The maximum absolute atomic E-state index is 12.6. The fourth-order valence-electron chi connectivity index (χ4n) is 4.47. The number of fused-ring (bicyclic) bond motifs is 5. The summed E-state index contributed by atoms with van der Waals surface area (Å²) < 4.78 is 7.44. The molecule has 0 aliphatic carbocycles. The number of hydrogen-bond donors (Lipinski definition) is 0. The van der Waals surface area contributed by atoms with E-state index in [1.165, 1.54) is 5.56 Å². The Morgan fingerprint density at radius 1 is 1.32 bits per heavy atom. The van der Waals surface area contributed by atoms with Gasteiger partial charge in [-0.25, -0.2) is 4.79 Å². The average Bonchev–Trinajstić information content (AvgIpc) is 3.35. The molecule has 1 amide bonds. The Kier molecular flexibility index (Phi) is 5.70. The third-order valence-electron chi connectivity index (χ3n) is 6.10. The van der Waals surface area contributed by atoms with Crippen molar-refractivity contribution >= 4 is 34.7 Å². The topological polar surface area (TPSA) is 72.6 Å². The van der Waals surface area contributed by atoms with E-state index in [4.69, 9.17) is 27.8 Å². The van der Waals surface area contributed by atoms with Crippen molar-refractivity contribution < 1.29 is 9.53 Å². The standard InChI is InChI=1S/C25H24ClN5O2S/c1-5-6-13-33-24(32)30-12-11-17-19(14-30)34-22-20(17)21(16-9-7-8-10-18(16)26)27-25(3,4)23-29-28-15(2)31(22)23/h1,7-10H,6,11-14H2,2-4H3. The van der Waals surface area contributed by atoms with E-state index in [9.17, 15) is 4.79 Å². The van der Waals surface area contributed by atoms with Crippen molar-refractivity contribution in [2.75, 3.05) is 13.2 Å². The molecule has 0 bridgehead atoms. The summed E-state index contributed by atoms with van der Waals surface area (Å²) in [5.74, 6) is 4.06. The van der Waals surface area contributed by atoms with Crippen molar-refractivity contribution in [1.29, 1.82) is 0 Å². The highest BCUT2D eigenvalue weighted by Crippen LogP contribution is 2.43. The monoisotopic (exact) mass is 493 g/mol. The number of aliphatic imine (C=N–C) groups is 1. The zero-order valence-corrected chi connectivity index (χ0v) is 20.8. The molecule has 0 spiro atoms. The fourth-order valence-corrected chi connectivity index (χ4v) is 6.11. The van der Waals surface area contributed by atoms with Gasteiger partial charge in [0.05, 0.1) is 12.3 Å². The van der Waals surface area contributed by atoms with Gasteiger partial charge in [0.1, 0.15) is 23.0 Å². The third-order valence-corrected chi connectivity index (χ3v) is 7.63. The van der Waals surface area contributed by atoms with Gasteiger partial charge >= 0.3 is 6.09 Å². The number of aryl methyl sites for hydroxylation is 1. The number of nitrogens with zero attached hydrogens (tertiary/aromatic N) is 5. The predicted molar refractivity (Wildman–Crippen MR) is 133 cm³/mol. The SMILES string of the molecule is C#CCCOC(=O)N1CCc2c(sc3c2C(c2ccccc2Cl)=NC(C)(C)c2nnc(C)n2-3)C1. The summed E-state index contributed by atoms with van der Waals surface area (Å²) in [7, 11) is 0. The van der Waals surface area contributed by atoms with Gasteiger partial charge in [0.2, 0.25) is 0 Å². The van der Waals surface area contributed by atoms with E-state index < -0.39 is 5.54 Å². The molecule has 174 valence electrons. The van der Waals surface area contributed by atoms with Crippen LogP contribution < -0.4 is 0 Å². The number of amides is 1. The Morgan fingerprint density at radius 2 is 2.12 bits per heavy atom. The molecule has 2 aromatic heterocycles. The number of halogens is 1. The maximum atomic E-state index is 12.6. The summed E-state index contributed by atoms with van der Waals surface area (Å²) in [5.41, 5.74) is 3.35. The molecule has 5 rings (SSSR count). The molecule has 0 saturated carbocycles. The van der Waals surface area contributed by atoms with E-state index in [1.54, 1.807) is 16.2 Å². The van der Waals surface area contributed by atoms with E-state index in [2.05, 4.69) is 20.7 Å². The van der Waals surface area contributed by atoms with Crippen LogP contribution in [0.5, 0.6) is 0 Å². The van der Waals surface area contributed by atoms with E-state index in [1.807, 2.05) is 45.0 Å². The predicted octanol–water partition coefficient (Wildman–Crippen LogP) is 4.89. The van der Waals surface area contributed by atoms with Crippen molar-refractivity contribution in [2.45, 2.75) is 45.7 Å². The van der Waals surface area contributed by atoms with Crippen molar-refractivity contribution in [3.8, 4) is 17.3 Å². The number of carbonyl (C=O) groups is 1. The smallest absolute Gasteiger partial charge is 0.410 e. The van der Waals surface area contributed by atoms with E-state index in [0.29, 0.717) is 31.0 Å². The molecule has 2 aliphatic rings. The normalized spacial score (nSPS) is 16.0. The number of aromatic nitrogens is 3. The van der Waals surface area contributed by atoms with Crippen LogP contribution in [0, 0.1) is 19.3 Å². The molecule has 7 nitrogen and oxygen atoms in total. The average molecular weight is 494 g/mol. The number of hydrogen-bond acceptors (Lipinski definition) is 6. The minimum atomic E-state index is -0.608.